The minimum Gasteiger partial charge on any atom is -0.385 e. The molecule has 0 N–H and O–H groups in total. The van der Waals surface area contributed by atoms with Crippen LogP contribution < -0.4 is 4.90 Å². The minimum atomic E-state index is 0.613. The van der Waals surface area contributed by atoms with Gasteiger partial charge in [0.1, 0.15) is 17.5 Å². The Labute approximate surface area is 114 Å². The number of aromatic nitrogens is 2. The summed E-state index contributed by atoms with van der Waals surface area (Å²) in [6.07, 6.45) is 0.898. The summed E-state index contributed by atoms with van der Waals surface area (Å²) in [5.41, 5.74) is 1.39. The Bertz CT molecular complexity index is 437. The van der Waals surface area contributed by atoms with Crippen LogP contribution in [0.3, 0.4) is 0 Å². The highest BCUT2D eigenvalue weighted by Gasteiger charge is 2.18. The number of aryl methyl sites for hydroxylation is 2. The van der Waals surface area contributed by atoms with E-state index in [1.807, 2.05) is 14.0 Å². The van der Waals surface area contributed by atoms with Crippen LogP contribution in [0.2, 0.25) is 0 Å². The van der Waals surface area contributed by atoms with Crippen molar-refractivity contribution in [1.82, 2.24) is 9.78 Å². The van der Waals surface area contributed by atoms with Crippen LogP contribution in [-0.4, -0.2) is 50.3 Å². The van der Waals surface area contributed by atoms with Crippen LogP contribution in [0.4, 0.5) is 5.82 Å². The van der Waals surface area contributed by atoms with Gasteiger partial charge in [0, 0.05) is 41.0 Å². The van der Waals surface area contributed by atoms with E-state index in [2.05, 4.69) is 16.1 Å². The van der Waals surface area contributed by atoms with Gasteiger partial charge < -0.3 is 14.4 Å². The fourth-order valence-corrected chi connectivity index (χ4v) is 2.06. The molecule has 0 spiro atoms. The molecule has 1 aromatic heterocycles. The molecule has 0 radical (unpaired) electrons. The van der Waals surface area contributed by atoms with Crippen molar-refractivity contribution in [3.63, 3.8) is 0 Å². The smallest absolute Gasteiger partial charge is 0.145 e. The molecule has 0 aliphatic heterocycles. The maximum atomic E-state index is 9.27. The summed E-state index contributed by atoms with van der Waals surface area (Å²) in [6.45, 7) is 4.70. The average Bonchev–Trinajstić information content (AvgIpc) is 2.68. The molecule has 19 heavy (non-hydrogen) atoms. The first kappa shape index (κ1) is 15.5. The third kappa shape index (κ3) is 3.94. The minimum absolute atomic E-state index is 0.613. The predicted octanol–water partition coefficient (Wildman–Crippen LogP) is 1.09. The van der Waals surface area contributed by atoms with E-state index < -0.39 is 0 Å². The molecule has 1 rings (SSSR count). The first-order valence-corrected chi connectivity index (χ1v) is 6.32. The Balaban J connectivity index is 2.92. The van der Waals surface area contributed by atoms with E-state index >= 15 is 0 Å². The summed E-state index contributed by atoms with van der Waals surface area (Å²) in [4.78, 5) is 2.13. The van der Waals surface area contributed by atoms with E-state index in [0.717, 1.165) is 31.0 Å². The number of anilines is 1. The largest absolute Gasteiger partial charge is 0.385 e. The molecule has 0 bridgehead atoms. The van der Waals surface area contributed by atoms with Crippen molar-refractivity contribution < 1.29 is 9.47 Å². The third-order valence-electron chi connectivity index (χ3n) is 2.95. The highest BCUT2D eigenvalue weighted by atomic mass is 16.5. The number of ether oxygens (including phenoxy) is 2. The number of hydrogen-bond acceptors (Lipinski definition) is 5. The lowest BCUT2D eigenvalue weighted by Gasteiger charge is -2.24. The molecule has 0 atom stereocenters. The average molecular weight is 266 g/mol. The lowest BCUT2D eigenvalue weighted by atomic mass is 10.2. The Hall–Kier alpha value is -1.58. The van der Waals surface area contributed by atoms with Gasteiger partial charge in [-0.15, -0.1) is 0 Å². The molecule has 106 valence electrons. The number of nitrogens with zero attached hydrogens (tertiary/aromatic N) is 4. The van der Waals surface area contributed by atoms with E-state index in [1.54, 1.807) is 18.9 Å². The maximum Gasteiger partial charge on any atom is 0.145 e. The van der Waals surface area contributed by atoms with Crippen LogP contribution in [0.25, 0.3) is 0 Å². The Morgan fingerprint density at radius 3 is 2.53 bits per heavy atom. The van der Waals surface area contributed by atoms with Gasteiger partial charge in [-0.1, -0.05) is 0 Å². The molecule has 1 aromatic rings. The van der Waals surface area contributed by atoms with Gasteiger partial charge in [-0.2, -0.15) is 10.4 Å². The standard InChI is InChI=1S/C13H22N4O2/c1-11-12(10-14)13(16(2)15-11)17(7-9-19-4)6-5-8-18-3/h5-9H2,1-4H3. The molecule has 6 nitrogen and oxygen atoms in total. The van der Waals surface area contributed by atoms with Crippen molar-refractivity contribution in [2.24, 2.45) is 7.05 Å². The van der Waals surface area contributed by atoms with Crippen LogP contribution in [0.1, 0.15) is 17.7 Å². The Morgan fingerprint density at radius 1 is 1.26 bits per heavy atom. The molecule has 1 heterocycles. The number of nitriles is 1. The third-order valence-corrected chi connectivity index (χ3v) is 2.95. The summed E-state index contributed by atoms with van der Waals surface area (Å²) in [5.74, 6) is 0.855. The van der Waals surface area contributed by atoms with Gasteiger partial charge in [-0.3, -0.25) is 4.68 Å². The van der Waals surface area contributed by atoms with Gasteiger partial charge in [0.15, 0.2) is 0 Å². The molecule has 0 saturated heterocycles. The summed E-state index contributed by atoms with van der Waals surface area (Å²) in [6, 6.07) is 2.23. The molecule has 0 aromatic carbocycles. The second kappa shape index (κ2) is 7.77. The van der Waals surface area contributed by atoms with Crippen molar-refractivity contribution in [2.75, 3.05) is 45.4 Å². The van der Waals surface area contributed by atoms with Gasteiger partial charge in [-0.05, 0) is 13.3 Å². The zero-order valence-electron chi connectivity index (χ0n) is 12.1. The van der Waals surface area contributed by atoms with Gasteiger partial charge in [0.05, 0.1) is 12.3 Å². The molecule has 0 amide bonds. The lowest BCUT2D eigenvalue weighted by molar-refractivity contribution is 0.190. The highest BCUT2D eigenvalue weighted by Crippen LogP contribution is 2.22. The number of methoxy groups -OCH3 is 2. The predicted molar refractivity (Wildman–Crippen MR) is 73.2 cm³/mol. The first-order valence-electron chi connectivity index (χ1n) is 6.32. The summed E-state index contributed by atoms with van der Waals surface area (Å²) in [5, 5.41) is 13.6. The molecule has 6 heteroatoms. The molecule has 0 aliphatic rings. The lowest BCUT2D eigenvalue weighted by Crippen LogP contribution is -2.31. The van der Waals surface area contributed by atoms with E-state index in [4.69, 9.17) is 9.47 Å². The van der Waals surface area contributed by atoms with Crippen LogP contribution in [-0.2, 0) is 16.5 Å². The first-order chi connectivity index (χ1) is 9.15. The number of rotatable bonds is 8. The topological polar surface area (TPSA) is 63.3 Å². The molecule has 0 fully saturated rings. The Kier molecular flexibility index (Phi) is 6.33. The van der Waals surface area contributed by atoms with E-state index in [9.17, 15) is 5.26 Å². The van der Waals surface area contributed by atoms with Crippen molar-refractivity contribution >= 4 is 5.82 Å². The summed E-state index contributed by atoms with van der Waals surface area (Å²) >= 11 is 0. The second-order valence-corrected chi connectivity index (χ2v) is 4.35. The fourth-order valence-electron chi connectivity index (χ4n) is 2.06. The van der Waals surface area contributed by atoms with Gasteiger partial charge in [-0.25, -0.2) is 0 Å². The SMILES string of the molecule is COCCCN(CCOC)c1c(C#N)c(C)nn1C. The molecule has 0 saturated carbocycles. The molecular formula is C13H22N4O2. The van der Waals surface area contributed by atoms with E-state index in [-0.39, 0.29) is 0 Å². The van der Waals surface area contributed by atoms with E-state index in [0.29, 0.717) is 18.8 Å². The van der Waals surface area contributed by atoms with Gasteiger partial charge in [0.25, 0.3) is 0 Å². The van der Waals surface area contributed by atoms with Crippen molar-refractivity contribution in [3.05, 3.63) is 11.3 Å². The highest BCUT2D eigenvalue weighted by molar-refractivity contribution is 5.56. The van der Waals surface area contributed by atoms with E-state index in [1.165, 1.54) is 0 Å². The molecular weight excluding hydrogens is 244 g/mol. The quantitative estimate of drug-likeness (QED) is 0.659. The molecule has 0 unspecified atom stereocenters. The second-order valence-electron chi connectivity index (χ2n) is 4.35. The normalized spacial score (nSPS) is 10.5. The summed E-state index contributed by atoms with van der Waals surface area (Å²) < 4.78 is 12.0. The van der Waals surface area contributed by atoms with Gasteiger partial charge >= 0.3 is 0 Å². The van der Waals surface area contributed by atoms with Crippen LogP contribution >= 0.6 is 0 Å². The summed E-state index contributed by atoms with van der Waals surface area (Å²) in [7, 11) is 5.22. The van der Waals surface area contributed by atoms with Crippen LogP contribution in [0.15, 0.2) is 0 Å². The maximum absolute atomic E-state index is 9.27. The molecule has 0 aliphatic carbocycles. The van der Waals surface area contributed by atoms with Crippen LogP contribution in [0, 0.1) is 18.3 Å². The van der Waals surface area contributed by atoms with Gasteiger partial charge in [0.2, 0.25) is 0 Å². The van der Waals surface area contributed by atoms with Crippen molar-refractivity contribution in [3.8, 4) is 6.07 Å². The monoisotopic (exact) mass is 266 g/mol. The van der Waals surface area contributed by atoms with Crippen molar-refractivity contribution in [1.29, 1.82) is 5.26 Å². The Morgan fingerprint density at radius 2 is 1.95 bits per heavy atom. The number of hydrogen-bond donors (Lipinski definition) is 0. The van der Waals surface area contributed by atoms with Crippen molar-refractivity contribution in [2.45, 2.75) is 13.3 Å². The van der Waals surface area contributed by atoms with Crippen LogP contribution in [0.5, 0.6) is 0 Å². The fraction of sp³-hybridized carbons (Fsp3) is 0.692. The zero-order chi connectivity index (χ0) is 14.3. The zero-order valence-corrected chi connectivity index (χ0v) is 12.1.